The van der Waals surface area contributed by atoms with Crippen molar-refractivity contribution in [2.24, 2.45) is 17.0 Å². The van der Waals surface area contributed by atoms with Crippen molar-refractivity contribution in [3.8, 4) is 6.07 Å². The van der Waals surface area contributed by atoms with Crippen molar-refractivity contribution in [1.82, 2.24) is 0 Å². The van der Waals surface area contributed by atoms with E-state index in [9.17, 15) is 0 Å². The molecule has 0 bridgehead atoms. The monoisotopic (exact) mass is 393 g/mol. The van der Waals surface area contributed by atoms with E-state index in [0.717, 1.165) is 42.9 Å². The van der Waals surface area contributed by atoms with Crippen LogP contribution in [-0.4, -0.2) is 24.8 Å². The summed E-state index contributed by atoms with van der Waals surface area (Å²) in [6, 6.07) is 10.2. The smallest absolute Gasteiger partial charge is 0.107 e. The molecule has 0 heterocycles. The average molecular weight is 394 g/mol. The molecule has 0 aliphatic heterocycles. The van der Waals surface area contributed by atoms with Gasteiger partial charge in [-0.05, 0) is 67.8 Å². The molecule has 0 saturated carbocycles. The number of hydrogen-bond donors (Lipinski definition) is 2. The van der Waals surface area contributed by atoms with Gasteiger partial charge in [-0.3, -0.25) is 5.14 Å². The predicted octanol–water partition coefficient (Wildman–Crippen LogP) is 5.69. The first-order valence-electron chi connectivity index (χ1n) is 9.69. The average Bonchev–Trinajstić information content (AvgIpc) is 2.62. The van der Waals surface area contributed by atoms with E-state index in [1.54, 1.807) is 6.08 Å². The lowest BCUT2D eigenvalue weighted by atomic mass is 10.2. The molecule has 0 amide bonds. The number of aliphatic hydroxyl groups excluding tert-OH is 1. The maximum Gasteiger partial charge on any atom is 0.107 e. The van der Waals surface area contributed by atoms with E-state index in [4.69, 9.17) is 15.5 Å². The molecular formula is C22H39N3OS. The van der Waals surface area contributed by atoms with Gasteiger partial charge in [0.25, 0.3) is 0 Å². The molecule has 27 heavy (non-hydrogen) atoms. The molecule has 0 atom stereocenters. The number of nitrogens with zero attached hydrogens (tertiary/aromatic N) is 2. The number of aliphatic hydroxyl groups is 1. The molecule has 0 saturated heterocycles. The van der Waals surface area contributed by atoms with Crippen molar-refractivity contribution >= 4 is 23.7 Å². The zero-order valence-corrected chi connectivity index (χ0v) is 19.0. The summed E-state index contributed by atoms with van der Waals surface area (Å²) in [5.74, 6) is 1.48. The number of hydrogen-bond acceptors (Lipinski definition) is 5. The van der Waals surface area contributed by atoms with Gasteiger partial charge in [-0.25, -0.2) is 0 Å². The Hall–Kier alpha value is -1.48. The maximum atomic E-state index is 8.78. The molecule has 1 aromatic rings. The summed E-state index contributed by atoms with van der Waals surface area (Å²) in [5, 5.41) is 22.4. The largest absolute Gasteiger partial charge is 0.396 e. The quantitative estimate of drug-likeness (QED) is 0.460. The predicted molar refractivity (Wildman–Crippen MR) is 122 cm³/mol. The summed E-state index contributed by atoms with van der Waals surface area (Å²) in [7, 11) is 0. The van der Waals surface area contributed by atoms with E-state index in [1.165, 1.54) is 5.69 Å². The summed E-state index contributed by atoms with van der Waals surface area (Å²) >= 11 is 0.974. The molecule has 4 nitrogen and oxygen atoms in total. The van der Waals surface area contributed by atoms with Crippen LogP contribution >= 0.6 is 11.9 Å². The van der Waals surface area contributed by atoms with Gasteiger partial charge in [0.1, 0.15) is 11.0 Å². The van der Waals surface area contributed by atoms with Crippen LogP contribution < -0.4 is 10.0 Å². The minimum atomic E-state index is 0.331. The van der Waals surface area contributed by atoms with Gasteiger partial charge >= 0.3 is 0 Å². The molecule has 0 aromatic heterocycles. The zero-order chi connectivity index (χ0) is 21.2. The topological polar surface area (TPSA) is 73.3 Å². The van der Waals surface area contributed by atoms with Gasteiger partial charge in [-0.15, -0.1) is 0 Å². The molecule has 5 heteroatoms. The van der Waals surface area contributed by atoms with Crippen LogP contribution in [0.3, 0.4) is 0 Å². The summed E-state index contributed by atoms with van der Waals surface area (Å²) in [4.78, 5) is 2.79. The van der Waals surface area contributed by atoms with Gasteiger partial charge in [0.15, 0.2) is 0 Å². The van der Waals surface area contributed by atoms with Crippen molar-refractivity contribution < 1.29 is 5.11 Å². The second-order valence-corrected chi connectivity index (χ2v) is 7.82. The molecule has 0 fully saturated rings. The molecule has 1 rings (SSSR count). The Labute approximate surface area is 171 Å². The van der Waals surface area contributed by atoms with Gasteiger partial charge < -0.3 is 10.0 Å². The van der Waals surface area contributed by atoms with E-state index in [1.807, 2.05) is 18.2 Å². The minimum Gasteiger partial charge on any atom is -0.396 e. The number of nitriles is 1. The molecule has 0 aliphatic carbocycles. The summed E-state index contributed by atoms with van der Waals surface area (Å²) in [6.45, 7) is 17.3. The van der Waals surface area contributed by atoms with Crippen molar-refractivity contribution in [2.45, 2.75) is 54.9 Å². The highest BCUT2D eigenvalue weighted by molar-refractivity contribution is 8.01. The molecule has 0 aliphatic rings. The van der Waals surface area contributed by atoms with Crippen LogP contribution in [0, 0.1) is 23.2 Å². The van der Waals surface area contributed by atoms with Gasteiger partial charge in [-0.2, -0.15) is 5.26 Å². The van der Waals surface area contributed by atoms with E-state index in [-0.39, 0.29) is 0 Å². The highest BCUT2D eigenvalue weighted by atomic mass is 32.2. The van der Waals surface area contributed by atoms with E-state index < -0.39 is 0 Å². The second kappa shape index (κ2) is 17.9. The van der Waals surface area contributed by atoms with E-state index in [0.29, 0.717) is 17.4 Å². The molecule has 1 aromatic carbocycles. The van der Waals surface area contributed by atoms with Crippen LogP contribution in [-0.2, 0) is 0 Å². The van der Waals surface area contributed by atoms with Crippen molar-refractivity contribution in [1.29, 1.82) is 5.26 Å². The van der Waals surface area contributed by atoms with Crippen LogP contribution in [0.15, 0.2) is 29.2 Å². The van der Waals surface area contributed by atoms with Crippen LogP contribution in [0.5, 0.6) is 0 Å². The second-order valence-electron chi connectivity index (χ2n) is 7.14. The first-order valence-corrected chi connectivity index (χ1v) is 10.6. The first kappa shape index (κ1) is 27.7. The van der Waals surface area contributed by atoms with E-state index in [2.05, 4.69) is 65.5 Å². The molecule has 0 radical (unpaired) electrons. The number of nitrogens with two attached hydrogens (primary N) is 1. The lowest BCUT2D eigenvalue weighted by molar-refractivity contribution is 0.268. The lowest BCUT2D eigenvalue weighted by Crippen LogP contribution is -2.21. The highest BCUT2D eigenvalue weighted by Crippen LogP contribution is 2.18. The van der Waals surface area contributed by atoms with Gasteiger partial charge in [0.05, 0.1) is 0 Å². The molecule has 0 unspecified atom stereocenters. The van der Waals surface area contributed by atoms with Crippen LogP contribution in [0.2, 0.25) is 0 Å². The Bertz CT molecular complexity index is 527. The Morgan fingerprint density at radius 2 is 1.63 bits per heavy atom. The number of allylic oxidation sites excluding steroid dienone is 1. The maximum absolute atomic E-state index is 8.78. The summed E-state index contributed by atoms with van der Waals surface area (Å²) in [5.41, 5.74) is 2.20. The standard InChI is InChI=1S/C13H17N3S.C5H12O.C4H10/c1-3-16(4-2)12-7-5-11(6-8-12)9-13(10-14)17-15;1-5(2)3-4-6;1-4(2)3/h5-9H,3-4,15H2,1-2H3;5-6H,3-4H2,1-2H3;4H,1-3H3/b13-9+;;. The van der Waals surface area contributed by atoms with Crippen LogP contribution in [0.1, 0.15) is 60.5 Å². The fourth-order valence-corrected chi connectivity index (χ4v) is 2.13. The fourth-order valence-electron chi connectivity index (χ4n) is 1.87. The molecule has 3 N–H and O–H groups in total. The molecule has 154 valence electrons. The van der Waals surface area contributed by atoms with Crippen LogP contribution in [0.25, 0.3) is 6.08 Å². The van der Waals surface area contributed by atoms with Crippen LogP contribution in [0.4, 0.5) is 5.69 Å². The minimum absolute atomic E-state index is 0.331. The summed E-state index contributed by atoms with van der Waals surface area (Å²) in [6.07, 6.45) is 2.72. The third-order valence-electron chi connectivity index (χ3n) is 3.26. The SMILES string of the molecule is CC(C)C.CC(C)CCO.CCN(CC)c1ccc(/C=C(\C#N)SN)cc1. The Morgan fingerprint density at radius 1 is 1.15 bits per heavy atom. The van der Waals surface area contributed by atoms with E-state index >= 15 is 0 Å². The Balaban J connectivity index is 0. The number of benzene rings is 1. The normalized spacial score (nSPS) is 10.5. The Morgan fingerprint density at radius 3 is 1.89 bits per heavy atom. The Kier molecular flexibility index (Phi) is 18.4. The lowest BCUT2D eigenvalue weighted by Gasteiger charge is -2.20. The van der Waals surface area contributed by atoms with Gasteiger partial charge in [0, 0.05) is 25.4 Å². The number of anilines is 1. The fraction of sp³-hybridized carbons (Fsp3) is 0.591. The summed E-state index contributed by atoms with van der Waals surface area (Å²) < 4.78 is 0. The zero-order valence-electron chi connectivity index (χ0n) is 18.2. The highest BCUT2D eigenvalue weighted by Gasteiger charge is 2.01. The third kappa shape index (κ3) is 16.4. The first-order chi connectivity index (χ1) is 12.7. The van der Waals surface area contributed by atoms with Crippen molar-refractivity contribution in [3.05, 3.63) is 34.7 Å². The molecule has 0 spiro atoms. The van der Waals surface area contributed by atoms with Crippen molar-refractivity contribution in [3.63, 3.8) is 0 Å². The molecular weight excluding hydrogens is 354 g/mol. The number of rotatable bonds is 7. The van der Waals surface area contributed by atoms with Gasteiger partial charge in [-0.1, -0.05) is 46.8 Å². The van der Waals surface area contributed by atoms with Crippen molar-refractivity contribution in [2.75, 3.05) is 24.6 Å². The third-order valence-corrected chi connectivity index (χ3v) is 3.73. The van der Waals surface area contributed by atoms with Gasteiger partial charge in [0.2, 0.25) is 0 Å².